The molecule has 1 aromatic rings. The van der Waals surface area contributed by atoms with E-state index in [4.69, 9.17) is 4.74 Å². The quantitative estimate of drug-likeness (QED) is 0.638. The number of methoxy groups -OCH3 is 1. The van der Waals surface area contributed by atoms with E-state index in [-0.39, 0.29) is 23.7 Å². The van der Waals surface area contributed by atoms with Crippen LogP contribution in [0.25, 0.3) is 0 Å². The fourth-order valence-corrected chi connectivity index (χ4v) is 2.16. The maximum Gasteiger partial charge on any atom is 0.271 e. The fraction of sp³-hybridized carbons (Fsp3) is 0.462. The van der Waals surface area contributed by atoms with Crippen LogP contribution < -0.4 is 10.6 Å². The number of hydrogen-bond donors (Lipinski definition) is 2. The molecule has 1 aromatic carbocycles. The first-order valence-electron chi connectivity index (χ1n) is 6.33. The zero-order valence-corrected chi connectivity index (χ0v) is 11.4. The van der Waals surface area contributed by atoms with Gasteiger partial charge in [0.2, 0.25) is 5.91 Å². The number of carbonyl (C=O) groups is 1. The van der Waals surface area contributed by atoms with E-state index in [0.717, 1.165) is 5.56 Å². The normalized spacial score (nSPS) is 21.7. The lowest BCUT2D eigenvalue weighted by atomic mass is 10.1. The summed E-state index contributed by atoms with van der Waals surface area (Å²) in [6.45, 7) is 2.42. The molecule has 0 radical (unpaired) electrons. The fourth-order valence-electron chi connectivity index (χ4n) is 2.16. The highest BCUT2D eigenvalue weighted by Gasteiger charge is 2.29. The first-order chi connectivity index (χ1) is 9.51. The molecular weight excluding hydrogens is 262 g/mol. The average Bonchev–Trinajstić information content (AvgIpc) is 2.89. The molecule has 0 bridgehead atoms. The minimum absolute atomic E-state index is 0.0250. The van der Waals surface area contributed by atoms with Gasteiger partial charge in [0.15, 0.2) is 0 Å². The van der Waals surface area contributed by atoms with Crippen LogP contribution in [0.2, 0.25) is 0 Å². The molecule has 0 spiro atoms. The number of nitro benzene ring substituents is 1. The summed E-state index contributed by atoms with van der Waals surface area (Å²) >= 11 is 0. The minimum atomic E-state index is -0.482. The Labute approximate surface area is 116 Å². The predicted octanol–water partition coefficient (Wildman–Crippen LogP) is 1.22. The van der Waals surface area contributed by atoms with Crippen molar-refractivity contribution in [2.24, 2.45) is 0 Å². The number of nitro groups is 1. The van der Waals surface area contributed by atoms with Gasteiger partial charge in [0.25, 0.3) is 5.69 Å². The zero-order valence-electron chi connectivity index (χ0n) is 11.4. The molecule has 20 heavy (non-hydrogen) atoms. The Bertz CT molecular complexity index is 532. The molecule has 0 aliphatic carbocycles. The maximum atomic E-state index is 12.1. The van der Waals surface area contributed by atoms with Crippen molar-refractivity contribution in [3.8, 4) is 0 Å². The summed E-state index contributed by atoms with van der Waals surface area (Å²) in [5.74, 6) is -0.201. The number of nitrogens with one attached hydrogen (secondary N) is 2. The van der Waals surface area contributed by atoms with Crippen LogP contribution in [-0.2, 0) is 9.53 Å². The monoisotopic (exact) mass is 279 g/mol. The number of benzene rings is 1. The summed E-state index contributed by atoms with van der Waals surface area (Å²) in [6.07, 6.45) is 0.619. The Balaban J connectivity index is 2.08. The highest BCUT2D eigenvalue weighted by atomic mass is 16.6. The van der Waals surface area contributed by atoms with Crippen molar-refractivity contribution >= 4 is 17.3 Å². The summed E-state index contributed by atoms with van der Waals surface area (Å²) < 4.78 is 5.18. The first-order valence-corrected chi connectivity index (χ1v) is 6.33. The van der Waals surface area contributed by atoms with Gasteiger partial charge < -0.3 is 15.4 Å². The topological polar surface area (TPSA) is 93.5 Å². The molecule has 1 aliphatic rings. The van der Waals surface area contributed by atoms with Gasteiger partial charge in [0, 0.05) is 25.8 Å². The van der Waals surface area contributed by atoms with Crippen LogP contribution in [0.1, 0.15) is 12.0 Å². The molecule has 1 fully saturated rings. The van der Waals surface area contributed by atoms with E-state index in [1.165, 1.54) is 12.1 Å². The van der Waals surface area contributed by atoms with Gasteiger partial charge in [-0.2, -0.15) is 0 Å². The number of amides is 1. The van der Waals surface area contributed by atoms with Gasteiger partial charge in [0.1, 0.15) is 0 Å². The zero-order chi connectivity index (χ0) is 14.7. The number of non-ortho nitro benzene ring substituents is 1. The van der Waals surface area contributed by atoms with E-state index in [2.05, 4.69) is 10.6 Å². The Morgan fingerprint density at radius 2 is 2.30 bits per heavy atom. The van der Waals surface area contributed by atoms with Gasteiger partial charge in [-0.3, -0.25) is 14.9 Å². The van der Waals surface area contributed by atoms with E-state index in [1.807, 2.05) is 0 Å². The van der Waals surface area contributed by atoms with Crippen LogP contribution in [0.3, 0.4) is 0 Å². The lowest BCUT2D eigenvalue weighted by Crippen LogP contribution is -2.35. The molecular formula is C13H17N3O4. The summed E-state index contributed by atoms with van der Waals surface area (Å²) in [5.41, 5.74) is 1.21. The molecule has 2 unspecified atom stereocenters. The van der Waals surface area contributed by atoms with Gasteiger partial charge in [-0.15, -0.1) is 0 Å². The van der Waals surface area contributed by atoms with Gasteiger partial charge in [0.05, 0.1) is 22.8 Å². The molecule has 2 rings (SSSR count). The number of aryl methyl sites for hydroxylation is 1. The van der Waals surface area contributed by atoms with Crippen LogP contribution >= 0.6 is 0 Å². The summed E-state index contributed by atoms with van der Waals surface area (Å²) in [6, 6.07) is 4.07. The number of anilines is 1. The number of ether oxygens (including phenoxy) is 1. The average molecular weight is 279 g/mol. The van der Waals surface area contributed by atoms with Gasteiger partial charge in [-0.05, 0) is 18.9 Å². The van der Waals surface area contributed by atoms with Gasteiger partial charge in [-0.1, -0.05) is 6.07 Å². The second kappa shape index (κ2) is 5.98. The summed E-state index contributed by atoms with van der Waals surface area (Å²) in [7, 11) is 1.61. The third-order valence-corrected chi connectivity index (χ3v) is 3.43. The Hall–Kier alpha value is -1.99. The Morgan fingerprint density at radius 1 is 1.55 bits per heavy atom. The number of nitrogens with zero attached hydrogens (tertiary/aromatic N) is 1. The maximum absolute atomic E-state index is 12.1. The van der Waals surface area contributed by atoms with Crippen molar-refractivity contribution in [2.75, 3.05) is 19.0 Å². The molecule has 7 heteroatoms. The molecule has 0 saturated carbocycles. The largest absolute Gasteiger partial charge is 0.380 e. The minimum Gasteiger partial charge on any atom is -0.380 e. The van der Waals surface area contributed by atoms with Crippen molar-refractivity contribution in [2.45, 2.75) is 25.5 Å². The number of hydrogen-bond acceptors (Lipinski definition) is 5. The van der Waals surface area contributed by atoms with Crippen LogP contribution in [0.4, 0.5) is 11.4 Å². The molecule has 2 N–H and O–H groups in total. The van der Waals surface area contributed by atoms with Crippen molar-refractivity contribution in [3.63, 3.8) is 0 Å². The molecule has 1 amide bonds. The number of rotatable bonds is 4. The Morgan fingerprint density at radius 3 is 2.90 bits per heavy atom. The third kappa shape index (κ3) is 3.12. The van der Waals surface area contributed by atoms with E-state index < -0.39 is 4.92 Å². The lowest BCUT2D eigenvalue weighted by Gasteiger charge is -2.13. The summed E-state index contributed by atoms with van der Waals surface area (Å²) in [4.78, 5) is 22.4. The van der Waals surface area contributed by atoms with Crippen LogP contribution in [-0.4, -0.2) is 36.6 Å². The molecule has 108 valence electrons. The van der Waals surface area contributed by atoms with E-state index in [1.54, 1.807) is 20.1 Å². The van der Waals surface area contributed by atoms with Crippen LogP contribution in [0, 0.1) is 17.0 Å². The summed E-state index contributed by atoms with van der Waals surface area (Å²) in [5, 5.41) is 16.5. The first kappa shape index (κ1) is 14.4. The van der Waals surface area contributed by atoms with E-state index in [0.29, 0.717) is 18.7 Å². The van der Waals surface area contributed by atoms with Gasteiger partial charge in [-0.25, -0.2) is 0 Å². The Kier molecular flexibility index (Phi) is 4.31. The molecule has 1 heterocycles. The lowest BCUT2D eigenvalue weighted by molar-refractivity contribution is -0.384. The standard InChI is InChI=1S/C13H17N3O4/c1-8-3-4-9(16(18)19)5-11(8)15-13(17)12-6-10(20-2)7-14-12/h3-5,10,12,14H,6-7H2,1-2H3,(H,15,17). The highest BCUT2D eigenvalue weighted by Crippen LogP contribution is 2.22. The predicted molar refractivity (Wildman–Crippen MR) is 73.7 cm³/mol. The second-order valence-corrected chi connectivity index (χ2v) is 4.80. The molecule has 0 aromatic heterocycles. The van der Waals surface area contributed by atoms with Crippen LogP contribution in [0.5, 0.6) is 0 Å². The third-order valence-electron chi connectivity index (χ3n) is 3.43. The SMILES string of the molecule is COC1CNC(C(=O)Nc2cc([N+](=O)[O-])ccc2C)C1. The molecule has 7 nitrogen and oxygen atoms in total. The van der Waals surface area contributed by atoms with Crippen molar-refractivity contribution in [1.29, 1.82) is 0 Å². The number of carbonyl (C=O) groups excluding carboxylic acids is 1. The van der Waals surface area contributed by atoms with Crippen molar-refractivity contribution < 1.29 is 14.5 Å². The highest BCUT2D eigenvalue weighted by molar-refractivity contribution is 5.96. The van der Waals surface area contributed by atoms with Crippen molar-refractivity contribution in [3.05, 3.63) is 33.9 Å². The molecule has 1 saturated heterocycles. The smallest absolute Gasteiger partial charge is 0.271 e. The van der Waals surface area contributed by atoms with E-state index >= 15 is 0 Å². The van der Waals surface area contributed by atoms with Crippen LogP contribution in [0.15, 0.2) is 18.2 Å². The van der Waals surface area contributed by atoms with E-state index in [9.17, 15) is 14.9 Å². The second-order valence-electron chi connectivity index (χ2n) is 4.80. The molecule has 1 aliphatic heterocycles. The van der Waals surface area contributed by atoms with Gasteiger partial charge >= 0.3 is 0 Å². The molecule has 2 atom stereocenters. The van der Waals surface area contributed by atoms with Crippen molar-refractivity contribution in [1.82, 2.24) is 5.32 Å².